The molecule has 2 heterocycles. The molecule has 0 saturated carbocycles. The van der Waals surface area contributed by atoms with Crippen LogP contribution < -0.4 is 10.6 Å². The first-order valence-electron chi connectivity index (χ1n) is 8.60. The predicted octanol–water partition coefficient (Wildman–Crippen LogP) is 1.60. The summed E-state index contributed by atoms with van der Waals surface area (Å²) in [7, 11) is 4.09. The van der Waals surface area contributed by atoms with Crippen molar-refractivity contribution >= 4 is 29.9 Å². The van der Waals surface area contributed by atoms with Crippen molar-refractivity contribution < 1.29 is 0 Å². The fourth-order valence-corrected chi connectivity index (χ4v) is 3.66. The van der Waals surface area contributed by atoms with Gasteiger partial charge in [0, 0.05) is 32.7 Å². The van der Waals surface area contributed by atoms with Crippen LogP contribution >= 0.6 is 24.0 Å². The molecule has 0 bridgehead atoms. The van der Waals surface area contributed by atoms with Gasteiger partial charge in [0.05, 0.1) is 0 Å². The predicted molar refractivity (Wildman–Crippen MR) is 105 cm³/mol. The summed E-state index contributed by atoms with van der Waals surface area (Å²) in [6, 6.07) is 0.675. The SMILES string of the molecule is CCN1CCCC1CNC(=NC)NCC1CCCN(C)C1.I. The summed E-state index contributed by atoms with van der Waals surface area (Å²) in [5.41, 5.74) is 0. The molecule has 2 unspecified atom stereocenters. The van der Waals surface area contributed by atoms with Gasteiger partial charge in [-0.1, -0.05) is 6.92 Å². The lowest BCUT2D eigenvalue weighted by molar-refractivity contribution is 0.210. The Kier molecular flexibility index (Phi) is 9.66. The molecule has 2 aliphatic rings. The van der Waals surface area contributed by atoms with E-state index in [0.717, 1.165) is 31.5 Å². The Hall–Kier alpha value is -0.0800. The van der Waals surface area contributed by atoms with Crippen LogP contribution in [0.2, 0.25) is 0 Å². The molecule has 2 aliphatic heterocycles. The van der Waals surface area contributed by atoms with Gasteiger partial charge in [-0.25, -0.2) is 0 Å². The van der Waals surface area contributed by atoms with E-state index in [1.54, 1.807) is 0 Å². The molecular weight excluding hydrogens is 389 g/mol. The molecule has 2 rings (SSSR count). The molecule has 0 aromatic carbocycles. The molecule has 130 valence electrons. The lowest BCUT2D eigenvalue weighted by Gasteiger charge is -2.30. The van der Waals surface area contributed by atoms with Crippen molar-refractivity contribution in [2.75, 3.05) is 53.4 Å². The summed E-state index contributed by atoms with van der Waals surface area (Å²) in [4.78, 5) is 9.37. The third-order valence-electron chi connectivity index (χ3n) is 4.91. The van der Waals surface area contributed by atoms with Gasteiger partial charge in [-0.15, -0.1) is 24.0 Å². The van der Waals surface area contributed by atoms with Crippen LogP contribution in [0.15, 0.2) is 4.99 Å². The van der Waals surface area contributed by atoms with Crippen molar-refractivity contribution in [3.05, 3.63) is 0 Å². The van der Waals surface area contributed by atoms with Gasteiger partial charge in [0.25, 0.3) is 0 Å². The largest absolute Gasteiger partial charge is 0.356 e. The Balaban J connectivity index is 0.00000242. The number of rotatable bonds is 5. The van der Waals surface area contributed by atoms with Crippen LogP contribution in [0, 0.1) is 5.92 Å². The molecule has 0 aromatic rings. The maximum absolute atomic E-state index is 4.37. The molecule has 0 aromatic heterocycles. The van der Waals surface area contributed by atoms with Gasteiger partial charge in [-0.05, 0) is 58.3 Å². The van der Waals surface area contributed by atoms with E-state index < -0.39 is 0 Å². The monoisotopic (exact) mass is 423 g/mol. The number of hydrogen-bond acceptors (Lipinski definition) is 3. The van der Waals surface area contributed by atoms with Gasteiger partial charge in [-0.3, -0.25) is 9.89 Å². The highest BCUT2D eigenvalue weighted by Gasteiger charge is 2.23. The molecule has 5 nitrogen and oxygen atoms in total. The average molecular weight is 423 g/mol. The number of likely N-dealkylation sites (N-methyl/N-ethyl adjacent to an activating group) is 1. The van der Waals surface area contributed by atoms with Crippen LogP contribution in [-0.2, 0) is 0 Å². The Morgan fingerprint density at radius 3 is 2.55 bits per heavy atom. The second-order valence-electron chi connectivity index (χ2n) is 6.53. The van der Waals surface area contributed by atoms with E-state index in [4.69, 9.17) is 0 Å². The van der Waals surface area contributed by atoms with Gasteiger partial charge < -0.3 is 15.5 Å². The minimum atomic E-state index is 0. The Morgan fingerprint density at radius 1 is 1.14 bits per heavy atom. The van der Waals surface area contributed by atoms with E-state index in [-0.39, 0.29) is 24.0 Å². The summed E-state index contributed by atoms with van der Waals surface area (Å²) < 4.78 is 0. The van der Waals surface area contributed by atoms with E-state index in [2.05, 4.69) is 39.4 Å². The minimum Gasteiger partial charge on any atom is -0.356 e. The number of nitrogens with zero attached hydrogens (tertiary/aromatic N) is 3. The van der Waals surface area contributed by atoms with Gasteiger partial charge in [-0.2, -0.15) is 0 Å². The minimum absolute atomic E-state index is 0. The molecule has 2 atom stereocenters. The third-order valence-corrected chi connectivity index (χ3v) is 4.91. The smallest absolute Gasteiger partial charge is 0.191 e. The summed E-state index contributed by atoms with van der Waals surface area (Å²) in [6.07, 6.45) is 5.30. The lowest BCUT2D eigenvalue weighted by Crippen LogP contribution is -2.47. The Labute approximate surface area is 153 Å². The van der Waals surface area contributed by atoms with Gasteiger partial charge in [0.2, 0.25) is 0 Å². The van der Waals surface area contributed by atoms with E-state index >= 15 is 0 Å². The standard InChI is InChI=1S/C16H33N5.HI/c1-4-21-10-6-8-15(21)12-19-16(17-2)18-11-14-7-5-9-20(3)13-14;/h14-15H,4-13H2,1-3H3,(H2,17,18,19);1H. The average Bonchev–Trinajstić information content (AvgIpc) is 2.95. The summed E-state index contributed by atoms with van der Waals surface area (Å²) in [5, 5.41) is 7.02. The fourth-order valence-electron chi connectivity index (χ4n) is 3.66. The molecule has 6 heteroatoms. The highest BCUT2D eigenvalue weighted by Crippen LogP contribution is 2.16. The first-order valence-corrected chi connectivity index (χ1v) is 8.60. The van der Waals surface area contributed by atoms with Crippen molar-refractivity contribution in [1.82, 2.24) is 20.4 Å². The van der Waals surface area contributed by atoms with E-state index in [9.17, 15) is 0 Å². The molecule has 0 aliphatic carbocycles. The van der Waals surface area contributed by atoms with E-state index in [1.807, 2.05) is 7.05 Å². The van der Waals surface area contributed by atoms with Crippen LogP contribution in [0.1, 0.15) is 32.6 Å². The lowest BCUT2D eigenvalue weighted by atomic mass is 9.99. The van der Waals surface area contributed by atoms with Crippen LogP contribution in [0.3, 0.4) is 0 Å². The molecule has 0 spiro atoms. The second-order valence-corrected chi connectivity index (χ2v) is 6.53. The zero-order chi connectivity index (χ0) is 15.1. The van der Waals surface area contributed by atoms with Gasteiger partial charge in [0.1, 0.15) is 0 Å². The number of piperidine rings is 1. The van der Waals surface area contributed by atoms with Crippen molar-refractivity contribution in [3.63, 3.8) is 0 Å². The maximum atomic E-state index is 4.37. The Morgan fingerprint density at radius 2 is 1.86 bits per heavy atom. The number of guanidine groups is 1. The van der Waals surface area contributed by atoms with Crippen LogP contribution in [-0.4, -0.2) is 75.2 Å². The topological polar surface area (TPSA) is 42.9 Å². The van der Waals surface area contributed by atoms with E-state index in [0.29, 0.717) is 6.04 Å². The summed E-state index contributed by atoms with van der Waals surface area (Å²) in [5.74, 6) is 1.71. The summed E-state index contributed by atoms with van der Waals surface area (Å²) >= 11 is 0. The van der Waals surface area contributed by atoms with Crippen LogP contribution in [0.25, 0.3) is 0 Å². The summed E-state index contributed by atoms with van der Waals surface area (Å²) in [6.45, 7) is 9.17. The maximum Gasteiger partial charge on any atom is 0.191 e. The fraction of sp³-hybridized carbons (Fsp3) is 0.938. The Bertz CT molecular complexity index is 336. The second kappa shape index (κ2) is 10.6. The third kappa shape index (κ3) is 6.20. The number of aliphatic imine (C=N–C) groups is 1. The quantitative estimate of drug-likeness (QED) is 0.401. The highest BCUT2D eigenvalue weighted by molar-refractivity contribution is 14.0. The van der Waals surface area contributed by atoms with E-state index in [1.165, 1.54) is 45.3 Å². The number of nitrogens with one attached hydrogen (secondary N) is 2. The number of halogens is 1. The zero-order valence-corrected chi connectivity index (χ0v) is 16.8. The molecule has 0 radical (unpaired) electrons. The van der Waals surface area contributed by atoms with Crippen molar-refractivity contribution in [2.24, 2.45) is 10.9 Å². The number of hydrogen-bond donors (Lipinski definition) is 2. The molecular formula is C16H34IN5. The first-order chi connectivity index (χ1) is 10.2. The normalized spacial score (nSPS) is 27.5. The van der Waals surface area contributed by atoms with Crippen molar-refractivity contribution in [1.29, 1.82) is 0 Å². The molecule has 2 saturated heterocycles. The van der Waals surface area contributed by atoms with Gasteiger partial charge in [0.15, 0.2) is 5.96 Å². The first kappa shape index (κ1) is 20.0. The number of likely N-dealkylation sites (tertiary alicyclic amines) is 2. The van der Waals surface area contributed by atoms with Gasteiger partial charge >= 0.3 is 0 Å². The molecule has 2 N–H and O–H groups in total. The molecule has 0 amide bonds. The zero-order valence-electron chi connectivity index (χ0n) is 14.5. The van der Waals surface area contributed by atoms with Crippen molar-refractivity contribution in [2.45, 2.75) is 38.6 Å². The van der Waals surface area contributed by atoms with Crippen LogP contribution in [0.4, 0.5) is 0 Å². The van der Waals surface area contributed by atoms with Crippen molar-refractivity contribution in [3.8, 4) is 0 Å². The molecule has 22 heavy (non-hydrogen) atoms. The van der Waals surface area contributed by atoms with Crippen LogP contribution in [0.5, 0.6) is 0 Å². The molecule has 2 fully saturated rings. The highest BCUT2D eigenvalue weighted by atomic mass is 127.